The lowest BCUT2D eigenvalue weighted by Gasteiger charge is -2.21. The molecule has 4 heteroatoms. The lowest BCUT2D eigenvalue weighted by atomic mass is 9.91. The van der Waals surface area contributed by atoms with Gasteiger partial charge in [0.15, 0.2) is 0 Å². The number of benzene rings is 1. The zero-order chi connectivity index (χ0) is 12.4. The highest BCUT2D eigenvalue weighted by molar-refractivity contribution is 9.10. The molecule has 2 heterocycles. The number of piperidine rings is 1. The van der Waals surface area contributed by atoms with Crippen molar-refractivity contribution in [3.63, 3.8) is 0 Å². The van der Waals surface area contributed by atoms with Crippen molar-refractivity contribution in [2.24, 2.45) is 0 Å². The van der Waals surface area contributed by atoms with Crippen LogP contribution in [0.25, 0.3) is 11.1 Å². The van der Waals surface area contributed by atoms with Gasteiger partial charge in [-0.25, -0.2) is 0 Å². The summed E-state index contributed by atoms with van der Waals surface area (Å²) >= 11 is 3.51. The van der Waals surface area contributed by atoms with Crippen LogP contribution in [-0.4, -0.2) is 18.2 Å². The van der Waals surface area contributed by atoms with Gasteiger partial charge in [-0.15, -0.1) is 0 Å². The smallest absolute Gasteiger partial charge is 0.147 e. The van der Waals surface area contributed by atoms with Crippen molar-refractivity contribution in [3.8, 4) is 11.1 Å². The van der Waals surface area contributed by atoms with Crippen LogP contribution in [0.15, 0.2) is 39.5 Å². The standard InChI is InChI=1S/C14H15BrN2O/c15-12-3-1-2-11(8-12)13-9-17-18-14(13)10-4-6-16-7-5-10/h1-3,8-10,16H,4-7H2. The molecule has 1 aliphatic rings. The van der Waals surface area contributed by atoms with Crippen molar-refractivity contribution in [2.45, 2.75) is 18.8 Å². The summed E-state index contributed by atoms with van der Waals surface area (Å²) < 4.78 is 6.59. The first-order valence-electron chi connectivity index (χ1n) is 6.26. The van der Waals surface area contributed by atoms with E-state index >= 15 is 0 Å². The maximum absolute atomic E-state index is 5.51. The Balaban J connectivity index is 1.95. The van der Waals surface area contributed by atoms with Crippen LogP contribution < -0.4 is 5.32 Å². The predicted octanol–water partition coefficient (Wildman–Crippen LogP) is 3.57. The van der Waals surface area contributed by atoms with Crippen molar-refractivity contribution in [1.82, 2.24) is 10.5 Å². The maximum Gasteiger partial charge on any atom is 0.147 e. The molecule has 0 spiro atoms. The molecule has 1 aromatic heterocycles. The normalized spacial score (nSPS) is 16.9. The van der Waals surface area contributed by atoms with E-state index in [4.69, 9.17) is 4.52 Å². The fraction of sp³-hybridized carbons (Fsp3) is 0.357. The van der Waals surface area contributed by atoms with Crippen LogP contribution in [0.2, 0.25) is 0 Å². The van der Waals surface area contributed by atoms with Crippen LogP contribution in [0.4, 0.5) is 0 Å². The van der Waals surface area contributed by atoms with Gasteiger partial charge in [-0.05, 0) is 43.6 Å². The molecule has 3 nitrogen and oxygen atoms in total. The molecule has 0 amide bonds. The van der Waals surface area contributed by atoms with E-state index in [9.17, 15) is 0 Å². The average Bonchev–Trinajstić information content (AvgIpc) is 2.89. The Morgan fingerprint density at radius 3 is 2.89 bits per heavy atom. The van der Waals surface area contributed by atoms with Gasteiger partial charge in [0.1, 0.15) is 5.76 Å². The number of nitrogens with one attached hydrogen (secondary N) is 1. The molecule has 1 fully saturated rings. The molecule has 0 radical (unpaired) electrons. The SMILES string of the molecule is Brc1cccc(-c2cnoc2C2CCNCC2)c1. The van der Waals surface area contributed by atoms with Crippen LogP contribution in [0.5, 0.6) is 0 Å². The zero-order valence-electron chi connectivity index (χ0n) is 10.0. The highest BCUT2D eigenvalue weighted by Gasteiger charge is 2.23. The topological polar surface area (TPSA) is 38.1 Å². The van der Waals surface area contributed by atoms with E-state index in [1.807, 2.05) is 18.3 Å². The van der Waals surface area contributed by atoms with Crippen molar-refractivity contribution in [1.29, 1.82) is 0 Å². The first kappa shape index (κ1) is 11.9. The largest absolute Gasteiger partial charge is 0.360 e. The second kappa shape index (κ2) is 5.24. The Morgan fingerprint density at radius 1 is 1.28 bits per heavy atom. The van der Waals surface area contributed by atoms with Crippen LogP contribution in [0, 0.1) is 0 Å². The van der Waals surface area contributed by atoms with Gasteiger partial charge < -0.3 is 9.84 Å². The molecule has 0 saturated carbocycles. The second-order valence-corrected chi connectivity index (χ2v) is 5.55. The molecule has 94 valence electrons. The van der Waals surface area contributed by atoms with E-state index in [1.165, 1.54) is 5.56 Å². The Kier molecular flexibility index (Phi) is 3.48. The molecule has 1 N–H and O–H groups in total. The Labute approximate surface area is 115 Å². The minimum Gasteiger partial charge on any atom is -0.360 e. The van der Waals surface area contributed by atoms with Crippen LogP contribution in [0.1, 0.15) is 24.5 Å². The van der Waals surface area contributed by atoms with Crippen LogP contribution in [0.3, 0.4) is 0 Å². The predicted molar refractivity (Wildman–Crippen MR) is 74.5 cm³/mol. The lowest BCUT2D eigenvalue weighted by Crippen LogP contribution is -2.26. The minimum atomic E-state index is 0.489. The highest BCUT2D eigenvalue weighted by Crippen LogP contribution is 2.34. The Hall–Kier alpha value is -1.13. The molecule has 18 heavy (non-hydrogen) atoms. The number of halogens is 1. The molecule has 2 aromatic rings. The van der Waals surface area contributed by atoms with Gasteiger partial charge >= 0.3 is 0 Å². The number of hydrogen-bond acceptors (Lipinski definition) is 3. The second-order valence-electron chi connectivity index (χ2n) is 4.64. The summed E-state index contributed by atoms with van der Waals surface area (Å²) in [5.41, 5.74) is 2.29. The van der Waals surface area contributed by atoms with Crippen molar-refractivity contribution in [2.75, 3.05) is 13.1 Å². The van der Waals surface area contributed by atoms with E-state index in [1.54, 1.807) is 0 Å². The molecule has 0 unspecified atom stereocenters. The quantitative estimate of drug-likeness (QED) is 0.921. The monoisotopic (exact) mass is 306 g/mol. The molecule has 1 aliphatic heterocycles. The van der Waals surface area contributed by atoms with Crippen molar-refractivity contribution < 1.29 is 4.52 Å². The third kappa shape index (κ3) is 2.35. The minimum absolute atomic E-state index is 0.489. The highest BCUT2D eigenvalue weighted by atomic mass is 79.9. The van der Waals surface area contributed by atoms with Crippen LogP contribution in [-0.2, 0) is 0 Å². The fourth-order valence-corrected chi connectivity index (χ4v) is 2.90. The maximum atomic E-state index is 5.51. The Morgan fingerprint density at radius 2 is 2.11 bits per heavy atom. The third-order valence-corrected chi connectivity index (χ3v) is 3.94. The van der Waals surface area contributed by atoms with E-state index in [0.717, 1.165) is 41.7 Å². The van der Waals surface area contributed by atoms with E-state index in [0.29, 0.717) is 5.92 Å². The van der Waals surface area contributed by atoms with Gasteiger partial charge in [-0.3, -0.25) is 0 Å². The van der Waals surface area contributed by atoms with E-state index in [2.05, 4.69) is 38.5 Å². The number of rotatable bonds is 2. The van der Waals surface area contributed by atoms with Gasteiger partial charge in [-0.2, -0.15) is 0 Å². The van der Waals surface area contributed by atoms with Crippen molar-refractivity contribution in [3.05, 3.63) is 40.7 Å². The van der Waals surface area contributed by atoms with Gasteiger partial charge in [0, 0.05) is 16.0 Å². The molecule has 0 aliphatic carbocycles. The number of hydrogen-bond donors (Lipinski definition) is 1. The molecule has 0 atom stereocenters. The van der Waals surface area contributed by atoms with Crippen LogP contribution >= 0.6 is 15.9 Å². The van der Waals surface area contributed by atoms with E-state index < -0.39 is 0 Å². The number of nitrogens with zero attached hydrogens (tertiary/aromatic N) is 1. The molecular formula is C14H15BrN2O. The summed E-state index contributed by atoms with van der Waals surface area (Å²) in [6.45, 7) is 2.12. The van der Waals surface area contributed by atoms with Gasteiger partial charge in [0.2, 0.25) is 0 Å². The summed E-state index contributed by atoms with van der Waals surface area (Å²) in [7, 11) is 0. The van der Waals surface area contributed by atoms with Gasteiger partial charge in [0.05, 0.1) is 6.20 Å². The average molecular weight is 307 g/mol. The molecule has 0 bridgehead atoms. The zero-order valence-corrected chi connectivity index (χ0v) is 11.6. The van der Waals surface area contributed by atoms with Crippen molar-refractivity contribution >= 4 is 15.9 Å². The summed E-state index contributed by atoms with van der Waals surface area (Å²) in [6, 6.07) is 8.28. The summed E-state index contributed by atoms with van der Waals surface area (Å²) in [4.78, 5) is 0. The van der Waals surface area contributed by atoms with Gasteiger partial charge in [0.25, 0.3) is 0 Å². The number of aromatic nitrogens is 1. The lowest BCUT2D eigenvalue weighted by molar-refractivity contribution is 0.328. The summed E-state index contributed by atoms with van der Waals surface area (Å²) in [5, 5.41) is 7.37. The van der Waals surface area contributed by atoms with Gasteiger partial charge in [-0.1, -0.05) is 33.2 Å². The first-order valence-corrected chi connectivity index (χ1v) is 7.05. The third-order valence-electron chi connectivity index (χ3n) is 3.44. The fourth-order valence-electron chi connectivity index (χ4n) is 2.50. The molecular weight excluding hydrogens is 292 g/mol. The molecule has 3 rings (SSSR count). The first-order chi connectivity index (χ1) is 8.84. The Bertz CT molecular complexity index is 532. The summed E-state index contributed by atoms with van der Waals surface area (Å²) in [5.74, 6) is 1.53. The van der Waals surface area contributed by atoms with E-state index in [-0.39, 0.29) is 0 Å². The summed E-state index contributed by atoms with van der Waals surface area (Å²) in [6.07, 6.45) is 4.07. The molecule has 1 saturated heterocycles. The molecule has 1 aromatic carbocycles.